The van der Waals surface area contributed by atoms with Crippen molar-refractivity contribution in [3.63, 3.8) is 0 Å². The van der Waals surface area contributed by atoms with Gasteiger partial charge in [0.25, 0.3) is 5.56 Å². The van der Waals surface area contributed by atoms with Gasteiger partial charge < -0.3 is 14.6 Å². The number of H-pyrrole nitrogens is 1. The summed E-state index contributed by atoms with van der Waals surface area (Å²) >= 11 is 0. The second kappa shape index (κ2) is 21.3. The summed E-state index contributed by atoms with van der Waals surface area (Å²) in [6.45, 7) is 5.09. The second-order valence-electron chi connectivity index (χ2n) is 12.6. The lowest BCUT2D eigenvalue weighted by atomic mass is 10.0. The van der Waals surface area contributed by atoms with Gasteiger partial charge >= 0.3 is 5.69 Å². The van der Waals surface area contributed by atoms with Gasteiger partial charge in [0.15, 0.2) is 11.2 Å². The van der Waals surface area contributed by atoms with Crippen molar-refractivity contribution >= 4 is 17.1 Å². The van der Waals surface area contributed by atoms with Crippen LogP contribution in [0.4, 0.5) is 0 Å². The zero-order chi connectivity index (χ0) is 31.5. The summed E-state index contributed by atoms with van der Waals surface area (Å²) in [5.41, 5.74) is 0.0398. The summed E-state index contributed by atoms with van der Waals surface area (Å²) in [5, 5.41) is 10.5. The number of aliphatic hydroxyl groups is 1. The molecule has 9 heteroatoms. The van der Waals surface area contributed by atoms with Gasteiger partial charge in [-0.25, -0.2) is 9.78 Å². The Hall–Kier alpha value is -2.42. The molecular weight excluding hydrogens is 542 g/mol. The SMILES string of the molecule is CCCCCCCCCCCCCCN(CC(O)CCCCCCCCCc1nc2c(c(=O)[nH]c(=O)n2C)n1C)C(C)=O. The number of aromatic nitrogens is 4. The fourth-order valence-electron chi connectivity index (χ4n) is 5.99. The first kappa shape index (κ1) is 36.8. The molecule has 43 heavy (non-hydrogen) atoms. The van der Waals surface area contributed by atoms with E-state index in [1.54, 1.807) is 18.5 Å². The van der Waals surface area contributed by atoms with E-state index in [4.69, 9.17) is 0 Å². The lowest BCUT2D eigenvalue weighted by molar-refractivity contribution is -0.130. The molecule has 0 saturated carbocycles. The number of hydrogen-bond donors (Lipinski definition) is 2. The molecule has 1 unspecified atom stereocenters. The minimum Gasteiger partial charge on any atom is -0.391 e. The van der Waals surface area contributed by atoms with Crippen molar-refractivity contribution in [1.29, 1.82) is 0 Å². The number of unbranched alkanes of at least 4 members (excludes halogenated alkanes) is 17. The molecule has 0 bridgehead atoms. The van der Waals surface area contributed by atoms with Crippen LogP contribution >= 0.6 is 0 Å². The molecule has 0 aliphatic heterocycles. The van der Waals surface area contributed by atoms with Crippen LogP contribution in [0.5, 0.6) is 0 Å². The molecule has 2 N–H and O–H groups in total. The summed E-state index contributed by atoms with van der Waals surface area (Å²) < 4.78 is 3.18. The maximum absolute atomic E-state index is 12.2. The number of hydrogen-bond acceptors (Lipinski definition) is 5. The molecule has 0 spiro atoms. The predicted octanol–water partition coefficient (Wildman–Crippen LogP) is 6.53. The molecule has 1 atom stereocenters. The van der Waals surface area contributed by atoms with E-state index in [1.807, 2.05) is 11.9 Å². The van der Waals surface area contributed by atoms with Crippen LogP contribution in [0.25, 0.3) is 11.2 Å². The Kier molecular flexibility index (Phi) is 18.2. The van der Waals surface area contributed by atoms with Crippen molar-refractivity contribution in [3.05, 3.63) is 26.7 Å². The van der Waals surface area contributed by atoms with Crippen LogP contribution in [0.1, 0.15) is 148 Å². The lowest BCUT2D eigenvalue weighted by Crippen LogP contribution is -2.36. The number of aliphatic hydroxyl groups excluding tert-OH is 1. The molecule has 0 fully saturated rings. The first-order valence-electron chi connectivity index (χ1n) is 17.3. The fraction of sp³-hybridized carbons (Fsp3) is 0.824. The monoisotopic (exact) mass is 603 g/mol. The van der Waals surface area contributed by atoms with Gasteiger partial charge in [-0.05, 0) is 19.3 Å². The number of amides is 1. The van der Waals surface area contributed by atoms with Crippen LogP contribution in [0.15, 0.2) is 9.59 Å². The van der Waals surface area contributed by atoms with E-state index < -0.39 is 17.4 Å². The number of aryl methyl sites for hydroxylation is 3. The van der Waals surface area contributed by atoms with Crippen molar-refractivity contribution in [3.8, 4) is 0 Å². The predicted molar refractivity (Wildman–Crippen MR) is 177 cm³/mol. The second-order valence-corrected chi connectivity index (χ2v) is 12.6. The van der Waals surface area contributed by atoms with Crippen molar-refractivity contribution in [2.75, 3.05) is 13.1 Å². The number of aromatic amines is 1. The molecule has 1 amide bonds. The fourth-order valence-corrected chi connectivity index (χ4v) is 5.99. The van der Waals surface area contributed by atoms with E-state index in [-0.39, 0.29) is 5.91 Å². The highest BCUT2D eigenvalue weighted by molar-refractivity contribution is 5.73. The molecule has 2 rings (SSSR count). The van der Waals surface area contributed by atoms with Gasteiger partial charge in [0.2, 0.25) is 5.91 Å². The van der Waals surface area contributed by atoms with E-state index in [1.165, 1.54) is 68.8 Å². The number of fused-ring (bicyclic) bond motifs is 1. The van der Waals surface area contributed by atoms with Gasteiger partial charge in [0.05, 0.1) is 6.10 Å². The molecule has 0 aliphatic carbocycles. The van der Waals surface area contributed by atoms with Crippen LogP contribution < -0.4 is 11.2 Å². The molecule has 246 valence electrons. The average Bonchev–Trinajstić information content (AvgIpc) is 3.31. The van der Waals surface area contributed by atoms with Crippen molar-refractivity contribution in [1.82, 2.24) is 24.0 Å². The highest BCUT2D eigenvalue weighted by Gasteiger charge is 2.15. The zero-order valence-corrected chi connectivity index (χ0v) is 27.8. The van der Waals surface area contributed by atoms with E-state index in [0.717, 1.165) is 83.0 Å². The van der Waals surface area contributed by atoms with Gasteiger partial charge in [-0.15, -0.1) is 0 Å². The lowest BCUT2D eigenvalue weighted by Gasteiger charge is -2.24. The van der Waals surface area contributed by atoms with Gasteiger partial charge in [0, 0.05) is 40.5 Å². The minimum atomic E-state index is -0.444. The van der Waals surface area contributed by atoms with Gasteiger partial charge in [0.1, 0.15) is 5.82 Å². The summed E-state index contributed by atoms with van der Waals surface area (Å²) in [4.78, 5) is 44.8. The quantitative estimate of drug-likeness (QED) is 0.125. The summed E-state index contributed by atoms with van der Waals surface area (Å²) in [6, 6.07) is 0. The molecule has 0 radical (unpaired) electrons. The Balaban J connectivity index is 1.48. The molecule has 2 aromatic heterocycles. The Bertz CT molecular complexity index is 1170. The standard InChI is InChI=1S/C34H61N5O4/c1-5-6-7-8-9-10-11-12-13-17-20-23-26-39(28(2)40)27-29(41)24-21-18-15-14-16-19-22-25-30-35-32-31(37(30)3)33(42)36-34(43)38(32)4/h29,41H,5-27H2,1-4H3,(H,36,42,43). The average molecular weight is 604 g/mol. The molecule has 0 aliphatic rings. The van der Waals surface area contributed by atoms with Crippen molar-refractivity contribution < 1.29 is 9.90 Å². The third-order valence-corrected chi connectivity index (χ3v) is 8.82. The van der Waals surface area contributed by atoms with E-state index in [2.05, 4.69) is 16.9 Å². The zero-order valence-electron chi connectivity index (χ0n) is 27.8. The number of nitrogens with one attached hydrogen (secondary N) is 1. The van der Waals surface area contributed by atoms with Crippen molar-refractivity contribution in [2.45, 2.75) is 155 Å². The van der Waals surface area contributed by atoms with Gasteiger partial charge in [-0.3, -0.25) is 19.1 Å². The summed E-state index contributed by atoms with van der Waals surface area (Å²) in [7, 11) is 3.45. The largest absolute Gasteiger partial charge is 0.391 e. The van der Waals surface area contributed by atoms with E-state index in [0.29, 0.717) is 17.7 Å². The first-order valence-corrected chi connectivity index (χ1v) is 17.3. The van der Waals surface area contributed by atoms with Crippen LogP contribution in [-0.2, 0) is 25.3 Å². The Morgan fingerprint density at radius 3 is 1.86 bits per heavy atom. The maximum atomic E-state index is 12.2. The number of nitrogens with zero attached hydrogens (tertiary/aromatic N) is 4. The van der Waals surface area contributed by atoms with Crippen LogP contribution in [0.2, 0.25) is 0 Å². The third kappa shape index (κ3) is 13.8. The summed E-state index contributed by atoms with van der Waals surface area (Å²) in [6.07, 6.45) is 24.3. The van der Waals surface area contributed by atoms with Gasteiger partial charge in [-0.2, -0.15) is 0 Å². The molecule has 2 heterocycles. The van der Waals surface area contributed by atoms with Crippen molar-refractivity contribution in [2.24, 2.45) is 14.1 Å². The molecular formula is C34H61N5O4. The first-order chi connectivity index (χ1) is 20.8. The maximum Gasteiger partial charge on any atom is 0.329 e. The Labute approximate surface area is 259 Å². The number of rotatable bonds is 25. The third-order valence-electron chi connectivity index (χ3n) is 8.82. The molecule has 0 saturated heterocycles. The number of carbonyl (C=O) groups is 1. The smallest absolute Gasteiger partial charge is 0.329 e. The number of carbonyl (C=O) groups excluding carboxylic acids is 1. The Morgan fingerprint density at radius 2 is 1.30 bits per heavy atom. The summed E-state index contributed by atoms with van der Waals surface area (Å²) in [5.74, 6) is 0.894. The highest BCUT2D eigenvalue weighted by Crippen LogP contribution is 2.15. The minimum absolute atomic E-state index is 0.0663. The van der Waals surface area contributed by atoms with Gasteiger partial charge in [-0.1, -0.05) is 116 Å². The van der Waals surface area contributed by atoms with E-state index in [9.17, 15) is 19.5 Å². The van der Waals surface area contributed by atoms with Crippen LogP contribution in [-0.4, -0.2) is 54.2 Å². The number of imidazole rings is 1. The topological polar surface area (TPSA) is 113 Å². The van der Waals surface area contributed by atoms with Crippen LogP contribution in [0.3, 0.4) is 0 Å². The normalized spacial score (nSPS) is 12.3. The van der Waals surface area contributed by atoms with Crippen LogP contribution in [0, 0.1) is 0 Å². The molecule has 2 aromatic rings. The Morgan fingerprint density at radius 1 is 0.791 bits per heavy atom. The van der Waals surface area contributed by atoms with E-state index >= 15 is 0 Å². The highest BCUT2D eigenvalue weighted by atomic mass is 16.3. The molecule has 9 nitrogen and oxygen atoms in total. The molecule has 0 aromatic carbocycles.